The molecule has 2 aliphatic heterocycles. The van der Waals surface area contributed by atoms with E-state index < -0.39 is 5.41 Å². The lowest BCUT2D eigenvalue weighted by Crippen LogP contribution is -2.48. The van der Waals surface area contributed by atoms with Gasteiger partial charge in [-0.25, -0.2) is 0 Å². The summed E-state index contributed by atoms with van der Waals surface area (Å²) >= 11 is 0. The first kappa shape index (κ1) is 19.7. The van der Waals surface area contributed by atoms with Gasteiger partial charge in [0.05, 0.1) is 5.92 Å². The van der Waals surface area contributed by atoms with Crippen LogP contribution in [0.2, 0.25) is 0 Å². The molecule has 0 aromatic heterocycles. The van der Waals surface area contributed by atoms with Gasteiger partial charge in [0.1, 0.15) is 0 Å². The van der Waals surface area contributed by atoms with Crippen molar-refractivity contribution in [2.75, 3.05) is 31.6 Å². The SMILES string of the molecule is CN1CCCc2cc(CNC(=O)C3CCCN(C(=O)C(C)(C)C)C3)ccc21. The van der Waals surface area contributed by atoms with Crippen molar-refractivity contribution in [2.24, 2.45) is 11.3 Å². The van der Waals surface area contributed by atoms with Crippen LogP contribution < -0.4 is 10.2 Å². The fourth-order valence-corrected chi connectivity index (χ4v) is 4.13. The predicted octanol–water partition coefficient (Wildman–Crippen LogP) is 2.97. The fraction of sp³-hybridized carbons (Fsp3) is 0.636. The molecule has 0 spiro atoms. The zero-order chi connectivity index (χ0) is 19.6. The van der Waals surface area contributed by atoms with Gasteiger partial charge in [0.25, 0.3) is 0 Å². The maximum Gasteiger partial charge on any atom is 0.227 e. The molecule has 0 bridgehead atoms. The first-order valence-electron chi connectivity index (χ1n) is 10.2. The second kappa shape index (κ2) is 7.91. The number of nitrogens with zero attached hydrogens (tertiary/aromatic N) is 2. The van der Waals surface area contributed by atoms with Gasteiger partial charge >= 0.3 is 0 Å². The van der Waals surface area contributed by atoms with Gasteiger partial charge in [0.15, 0.2) is 0 Å². The fourth-order valence-electron chi connectivity index (χ4n) is 4.13. The van der Waals surface area contributed by atoms with Crippen molar-refractivity contribution in [3.05, 3.63) is 29.3 Å². The molecule has 0 saturated carbocycles. The molecule has 1 aromatic rings. The number of rotatable bonds is 3. The van der Waals surface area contributed by atoms with Crippen molar-refractivity contribution >= 4 is 17.5 Å². The molecule has 1 fully saturated rings. The number of carbonyl (C=O) groups excluding carboxylic acids is 2. The van der Waals surface area contributed by atoms with Gasteiger partial charge in [-0.15, -0.1) is 0 Å². The van der Waals surface area contributed by atoms with Crippen LogP contribution in [0.25, 0.3) is 0 Å². The Kier molecular flexibility index (Phi) is 5.78. The summed E-state index contributed by atoms with van der Waals surface area (Å²) in [5, 5.41) is 3.09. The Morgan fingerprint density at radius 3 is 2.70 bits per heavy atom. The summed E-state index contributed by atoms with van der Waals surface area (Å²) in [5.41, 5.74) is 3.43. The molecule has 27 heavy (non-hydrogen) atoms. The molecule has 1 unspecified atom stereocenters. The normalized spacial score (nSPS) is 20.2. The number of nitrogens with one attached hydrogen (secondary N) is 1. The summed E-state index contributed by atoms with van der Waals surface area (Å²) in [7, 11) is 2.13. The lowest BCUT2D eigenvalue weighted by molar-refractivity contribution is -0.142. The zero-order valence-electron chi connectivity index (χ0n) is 17.2. The van der Waals surface area contributed by atoms with Crippen molar-refractivity contribution in [3.8, 4) is 0 Å². The van der Waals surface area contributed by atoms with Crippen molar-refractivity contribution in [1.29, 1.82) is 0 Å². The second-order valence-corrected chi connectivity index (χ2v) is 9.05. The Morgan fingerprint density at radius 2 is 1.96 bits per heavy atom. The molecule has 1 aromatic carbocycles. The van der Waals surface area contributed by atoms with Crippen LogP contribution in [0.3, 0.4) is 0 Å². The highest BCUT2D eigenvalue weighted by molar-refractivity contribution is 5.84. The maximum absolute atomic E-state index is 12.7. The van der Waals surface area contributed by atoms with Gasteiger partial charge < -0.3 is 15.1 Å². The highest BCUT2D eigenvalue weighted by Crippen LogP contribution is 2.27. The van der Waals surface area contributed by atoms with Crippen molar-refractivity contribution < 1.29 is 9.59 Å². The molecule has 1 saturated heterocycles. The minimum Gasteiger partial charge on any atom is -0.374 e. The van der Waals surface area contributed by atoms with Crippen LogP contribution in [0.5, 0.6) is 0 Å². The van der Waals surface area contributed by atoms with E-state index in [1.54, 1.807) is 0 Å². The van der Waals surface area contributed by atoms with Crippen LogP contribution in [-0.4, -0.2) is 43.4 Å². The molecular weight excluding hydrogens is 338 g/mol. The Balaban J connectivity index is 1.57. The number of likely N-dealkylation sites (tertiary alicyclic amines) is 1. The van der Waals surface area contributed by atoms with Crippen LogP contribution in [0.15, 0.2) is 18.2 Å². The molecule has 0 aliphatic carbocycles. The minimum atomic E-state index is -0.394. The molecule has 1 N–H and O–H groups in total. The molecule has 5 heteroatoms. The van der Waals surface area contributed by atoms with Crippen molar-refractivity contribution in [3.63, 3.8) is 0 Å². The third-order valence-electron chi connectivity index (χ3n) is 5.68. The van der Waals surface area contributed by atoms with Gasteiger partial charge in [-0.1, -0.05) is 32.9 Å². The first-order chi connectivity index (χ1) is 12.8. The first-order valence-corrected chi connectivity index (χ1v) is 10.2. The quantitative estimate of drug-likeness (QED) is 0.889. The van der Waals surface area contributed by atoms with E-state index in [0.29, 0.717) is 13.1 Å². The third-order valence-corrected chi connectivity index (χ3v) is 5.68. The Labute approximate surface area is 163 Å². The van der Waals surface area contributed by atoms with Gasteiger partial charge in [0.2, 0.25) is 11.8 Å². The van der Waals surface area contributed by atoms with Gasteiger partial charge in [-0.3, -0.25) is 9.59 Å². The smallest absolute Gasteiger partial charge is 0.227 e. The van der Waals surface area contributed by atoms with E-state index in [4.69, 9.17) is 0 Å². The van der Waals surface area contributed by atoms with Crippen LogP contribution in [-0.2, 0) is 22.6 Å². The van der Waals surface area contributed by atoms with E-state index in [0.717, 1.165) is 37.9 Å². The third kappa shape index (κ3) is 4.63. The summed E-state index contributed by atoms with van der Waals surface area (Å²) < 4.78 is 0. The molecule has 0 radical (unpaired) electrons. The van der Waals surface area contributed by atoms with E-state index in [9.17, 15) is 9.59 Å². The molecule has 2 heterocycles. The largest absolute Gasteiger partial charge is 0.374 e. The summed E-state index contributed by atoms with van der Waals surface area (Å²) in [6, 6.07) is 6.50. The lowest BCUT2D eigenvalue weighted by atomic mass is 9.91. The van der Waals surface area contributed by atoms with Crippen molar-refractivity contribution in [2.45, 2.75) is 53.0 Å². The lowest BCUT2D eigenvalue weighted by Gasteiger charge is -2.36. The van der Waals surface area contributed by atoms with E-state index in [2.05, 4.69) is 35.5 Å². The van der Waals surface area contributed by atoms with E-state index in [-0.39, 0.29) is 17.7 Å². The molecule has 1 atom stereocenters. The van der Waals surface area contributed by atoms with E-state index in [1.165, 1.54) is 17.7 Å². The van der Waals surface area contributed by atoms with Crippen molar-refractivity contribution in [1.82, 2.24) is 10.2 Å². The Bertz CT molecular complexity index is 708. The highest BCUT2D eigenvalue weighted by atomic mass is 16.2. The van der Waals surface area contributed by atoms with Crippen LogP contribution in [0, 0.1) is 11.3 Å². The number of aryl methyl sites for hydroxylation is 1. The molecule has 5 nitrogen and oxygen atoms in total. The van der Waals surface area contributed by atoms with Crippen LogP contribution in [0.4, 0.5) is 5.69 Å². The molecule has 3 rings (SSSR count). The molecular formula is C22H33N3O2. The number of piperidine rings is 1. The monoisotopic (exact) mass is 371 g/mol. The molecule has 2 aliphatic rings. The molecule has 148 valence electrons. The number of hydrogen-bond donors (Lipinski definition) is 1. The summed E-state index contributed by atoms with van der Waals surface area (Å²) in [6.07, 6.45) is 4.03. The van der Waals surface area contributed by atoms with Gasteiger partial charge in [0, 0.05) is 44.3 Å². The number of carbonyl (C=O) groups is 2. The number of hydrogen-bond acceptors (Lipinski definition) is 3. The van der Waals surface area contributed by atoms with Gasteiger partial charge in [-0.05, 0) is 42.9 Å². The molecule has 2 amide bonds. The topological polar surface area (TPSA) is 52.7 Å². The standard InChI is InChI=1S/C22H33N3O2/c1-22(2,3)21(27)25-12-6-8-18(15-25)20(26)23-14-16-9-10-19-17(13-16)7-5-11-24(19)4/h9-10,13,18H,5-8,11-12,14-15H2,1-4H3,(H,23,26). The zero-order valence-corrected chi connectivity index (χ0v) is 17.2. The van der Waals surface area contributed by atoms with Gasteiger partial charge in [-0.2, -0.15) is 0 Å². The van der Waals surface area contributed by atoms with E-state index in [1.807, 2.05) is 25.7 Å². The van der Waals surface area contributed by atoms with E-state index >= 15 is 0 Å². The maximum atomic E-state index is 12.7. The second-order valence-electron chi connectivity index (χ2n) is 9.05. The number of benzene rings is 1. The highest BCUT2D eigenvalue weighted by Gasteiger charge is 2.33. The minimum absolute atomic E-state index is 0.0660. The summed E-state index contributed by atoms with van der Waals surface area (Å²) in [6.45, 7) is 8.77. The average molecular weight is 372 g/mol. The van der Waals surface area contributed by atoms with Crippen LogP contribution >= 0.6 is 0 Å². The summed E-state index contributed by atoms with van der Waals surface area (Å²) in [4.78, 5) is 29.4. The number of amides is 2. The van der Waals surface area contributed by atoms with Crippen LogP contribution in [0.1, 0.15) is 51.2 Å². The summed E-state index contributed by atoms with van der Waals surface area (Å²) in [5.74, 6) is 0.101. The number of fused-ring (bicyclic) bond motifs is 1. The average Bonchev–Trinajstić information content (AvgIpc) is 2.65. The Hall–Kier alpha value is -2.04. The predicted molar refractivity (Wildman–Crippen MR) is 109 cm³/mol. The number of anilines is 1. The Morgan fingerprint density at radius 1 is 1.19 bits per heavy atom.